The maximum atomic E-state index is 12.3. The van der Waals surface area contributed by atoms with Crippen LogP contribution < -0.4 is 5.32 Å². The van der Waals surface area contributed by atoms with Gasteiger partial charge in [-0.15, -0.1) is 0 Å². The zero-order chi connectivity index (χ0) is 19.1. The fourth-order valence-corrected chi connectivity index (χ4v) is 4.28. The van der Waals surface area contributed by atoms with E-state index in [9.17, 15) is 14.9 Å². The number of carbonyl (C=O) groups excluding carboxylic acids is 1. The largest absolute Gasteiger partial charge is 0.465 e. The molecule has 27 heavy (non-hydrogen) atoms. The van der Waals surface area contributed by atoms with E-state index in [0.29, 0.717) is 5.56 Å². The smallest absolute Gasteiger partial charge is 0.338 e. The molecule has 0 radical (unpaired) electrons. The zero-order valence-corrected chi connectivity index (χ0v) is 15.1. The summed E-state index contributed by atoms with van der Waals surface area (Å²) in [5.41, 5.74) is 4.68. The number of ether oxygens (including phenoxy) is 1. The highest BCUT2D eigenvalue weighted by Gasteiger charge is 2.40. The van der Waals surface area contributed by atoms with E-state index in [4.69, 9.17) is 4.74 Å². The monoisotopic (exact) mass is 364 g/mol. The first-order valence-electron chi connectivity index (χ1n) is 8.90. The van der Waals surface area contributed by atoms with Gasteiger partial charge in [-0.2, -0.15) is 0 Å². The molecule has 2 aromatic carbocycles. The van der Waals surface area contributed by atoms with Crippen molar-refractivity contribution in [2.45, 2.75) is 25.3 Å². The number of anilines is 1. The number of hydrogen-bond donors (Lipinski definition) is 1. The van der Waals surface area contributed by atoms with Crippen molar-refractivity contribution in [2.75, 3.05) is 12.4 Å². The van der Waals surface area contributed by atoms with Crippen LogP contribution in [-0.4, -0.2) is 18.0 Å². The van der Waals surface area contributed by atoms with Crippen molar-refractivity contribution in [2.24, 2.45) is 5.92 Å². The van der Waals surface area contributed by atoms with Gasteiger partial charge in [-0.05, 0) is 42.0 Å². The number of nitro groups is 1. The van der Waals surface area contributed by atoms with Gasteiger partial charge in [0.1, 0.15) is 0 Å². The summed E-state index contributed by atoms with van der Waals surface area (Å²) < 4.78 is 4.98. The number of aryl methyl sites for hydroxylation is 1. The molecule has 1 N–H and O–H groups in total. The molecule has 0 spiro atoms. The molecule has 6 heteroatoms. The number of nitro benzene ring substituents is 1. The quantitative estimate of drug-likeness (QED) is 0.375. The van der Waals surface area contributed by atoms with Gasteiger partial charge < -0.3 is 10.1 Å². The number of methoxy groups -OCH3 is 1. The van der Waals surface area contributed by atoms with Crippen LogP contribution in [0.2, 0.25) is 0 Å². The van der Waals surface area contributed by atoms with E-state index in [1.807, 2.05) is 31.2 Å². The Kier molecular flexibility index (Phi) is 4.18. The molecule has 1 aliphatic heterocycles. The first-order valence-corrected chi connectivity index (χ1v) is 8.90. The lowest BCUT2D eigenvalue weighted by Gasteiger charge is -2.39. The molecule has 138 valence electrons. The number of hydrogen-bond acceptors (Lipinski definition) is 5. The minimum absolute atomic E-state index is 0.0184. The van der Waals surface area contributed by atoms with Crippen molar-refractivity contribution < 1.29 is 14.5 Å². The summed E-state index contributed by atoms with van der Waals surface area (Å²) in [5, 5.41) is 14.5. The van der Waals surface area contributed by atoms with Gasteiger partial charge in [0.05, 0.1) is 23.6 Å². The third kappa shape index (κ3) is 2.77. The Hall–Kier alpha value is -3.15. The molecule has 0 fully saturated rings. The number of fused-ring (bicyclic) bond motifs is 3. The molecule has 0 saturated heterocycles. The van der Waals surface area contributed by atoms with E-state index < -0.39 is 0 Å². The molecule has 2 aliphatic rings. The Labute approximate surface area is 157 Å². The normalized spacial score (nSPS) is 22.5. The molecule has 0 saturated carbocycles. The number of nitrogens with zero attached hydrogens (tertiary/aromatic N) is 1. The molecule has 0 amide bonds. The minimum atomic E-state index is -0.389. The lowest BCUT2D eigenvalue weighted by Crippen LogP contribution is -2.31. The molecular formula is C21H20N2O4. The maximum absolute atomic E-state index is 12.3. The van der Waals surface area contributed by atoms with Gasteiger partial charge >= 0.3 is 5.97 Å². The molecule has 0 bridgehead atoms. The third-order valence-corrected chi connectivity index (χ3v) is 5.60. The average molecular weight is 364 g/mol. The maximum Gasteiger partial charge on any atom is 0.338 e. The van der Waals surface area contributed by atoms with Crippen LogP contribution in [0.15, 0.2) is 48.6 Å². The third-order valence-electron chi connectivity index (χ3n) is 5.60. The molecule has 1 heterocycles. The van der Waals surface area contributed by atoms with Gasteiger partial charge in [0.25, 0.3) is 5.69 Å². The predicted molar refractivity (Wildman–Crippen MR) is 102 cm³/mol. The standard InChI is InChI=1S/C21H20N2O4/c1-12-6-11-17(21(24)27-2)18-15-4-3-5-16(15)20(22-19(12)18)13-7-9-14(10-8-13)23(25)26/h3-4,6-11,15-16,20,22H,5H2,1-2H3/t15-,16+,20-/m1/s1. The van der Waals surface area contributed by atoms with E-state index in [0.717, 1.165) is 28.8 Å². The number of nitrogens with one attached hydrogen (secondary N) is 1. The number of benzene rings is 2. The Balaban J connectivity index is 1.80. The van der Waals surface area contributed by atoms with E-state index in [-0.39, 0.29) is 34.5 Å². The molecule has 2 aromatic rings. The van der Waals surface area contributed by atoms with E-state index in [1.54, 1.807) is 12.1 Å². The SMILES string of the molecule is COC(=O)c1ccc(C)c2c1[C@@H]1C=CC[C@@H]1[C@@H](c1ccc([N+](=O)[O-])cc1)N2. The summed E-state index contributed by atoms with van der Waals surface area (Å²) in [6, 6.07) is 10.5. The highest BCUT2D eigenvalue weighted by atomic mass is 16.6. The van der Waals surface area contributed by atoms with Gasteiger partial charge in [0.2, 0.25) is 0 Å². The highest BCUT2D eigenvalue weighted by molar-refractivity contribution is 5.94. The van der Waals surface area contributed by atoms with Gasteiger partial charge in [0.15, 0.2) is 0 Å². The summed E-state index contributed by atoms with van der Waals surface area (Å²) in [5.74, 6) is 0.0143. The van der Waals surface area contributed by atoms with E-state index in [2.05, 4.69) is 17.5 Å². The van der Waals surface area contributed by atoms with Crippen LogP contribution in [0.3, 0.4) is 0 Å². The molecule has 3 atom stereocenters. The Bertz CT molecular complexity index is 949. The minimum Gasteiger partial charge on any atom is -0.465 e. The second-order valence-corrected chi connectivity index (χ2v) is 7.03. The molecule has 6 nitrogen and oxygen atoms in total. The molecule has 0 unspecified atom stereocenters. The number of allylic oxidation sites excluding steroid dienone is 2. The zero-order valence-electron chi connectivity index (χ0n) is 15.1. The van der Waals surface area contributed by atoms with Gasteiger partial charge in [-0.25, -0.2) is 4.79 Å². The second-order valence-electron chi connectivity index (χ2n) is 7.03. The second kappa shape index (κ2) is 6.54. The summed E-state index contributed by atoms with van der Waals surface area (Å²) in [7, 11) is 1.40. The van der Waals surface area contributed by atoms with Gasteiger partial charge in [-0.3, -0.25) is 10.1 Å². The predicted octanol–water partition coefficient (Wildman–Crippen LogP) is 4.52. The number of non-ortho nitro benzene ring substituents is 1. The fourth-order valence-electron chi connectivity index (χ4n) is 4.28. The summed E-state index contributed by atoms with van der Waals surface area (Å²) >= 11 is 0. The van der Waals surface area contributed by atoms with E-state index >= 15 is 0 Å². The van der Waals surface area contributed by atoms with Gasteiger partial charge in [0, 0.05) is 23.7 Å². The van der Waals surface area contributed by atoms with Crippen LogP contribution >= 0.6 is 0 Å². The first kappa shape index (κ1) is 17.3. The van der Waals surface area contributed by atoms with Crippen LogP contribution in [-0.2, 0) is 4.74 Å². The summed E-state index contributed by atoms with van der Waals surface area (Å²) in [4.78, 5) is 22.9. The van der Waals surface area contributed by atoms with Crippen LogP contribution in [0.5, 0.6) is 0 Å². The molecule has 1 aliphatic carbocycles. The molecule has 0 aromatic heterocycles. The van der Waals surface area contributed by atoms with E-state index in [1.165, 1.54) is 7.11 Å². The van der Waals surface area contributed by atoms with Crippen molar-refractivity contribution in [3.05, 3.63) is 80.9 Å². The van der Waals surface area contributed by atoms with Crippen molar-refractivity contribution in [1.82, 2.24) is 0 Å². The van der Waals surface area contributed by atoms with Crippen molar-refractivity contribution in [1.29, 1.82) is 0 Å². The van der Waals surface area contributed by atoms with Crippen LogP contribution in [0.25, 0.3) is 0 Å². The Morgan fingerprint density at radius 1 is 1.22 bits per heavy atom. The lowest BCUT2D eigenvalue weighted by molar-refractivity contribution is -0.384. The number of esters is 1. The van der Waals surface area contributed by atoms with Crippen molar-refractivity contribution >= 4 is 17.3 Å². The Morgan fingerprint density at radius 2 is 1.96 bits per heavy atom. The summed E-state index contributed by atoms with van der Waals surface area (Å²) in [6.07, 6.45) is 5.19. The Morgan fingerprint density at radius 3 is 2.63 bits per heavy atom. The van der Waals surface area contributed by atoms with Crippen molar-refractivity contribution in [3.8, 4) is 0 Å². The first-order chi connectivity index (χ1) is 13.0. The topological polar surface area (TPSA) is 81.5 Å². The highest BCUT2D eigenvalue weighted by Crippen LogP contribution is 2.51. The average Bonchev–Trinajstić information content (AvgIpc) is 3.17. The fraction of sp³-hybridized carbons (Fsp3) is 0.286. The van der Waals surface area contributed by atoms with Crippen LogP contribution in [0.1, 0.15) is 45.4 Å². The van der Waals surface area contributed by atoms with Gasteiger partial charge in [-0.1, -0.05) is 30.4 Å². The lowest BCUT2D eigenvalue weighted by atomic mass is 9.74. The van der Waals surface area contributed by atoms with Crippen LogP contribution in [0.4, 0.5) is 11.4 Å². The molecule has 4 rings (SSSR count). The van der Waals surface area contributed by atoms with Crippen molar-refractivity contribution in [3.63, 3.8) is 0 Å². The summed E-state index contributed by atoms with van der Waals surface area (Å²) in [6.45, 7) is 2.01. The number of carbonyl (C=O) groups is 1. The van der Waals surface area contributed by atoms with Crippen LogP contribution in [0, 0.1) is 23.0 Å². The number of rotatable bonds is 3. The molecular weight excluding hydrogens is 344 g/mol.